The first kappa shape index (κ1) is 14.1. The minimum absolute atomic E-state index is 0.160. The van der Waals surface area contributed by atoms with Crippen molar-refractivity contribution in [2.45, 2.75) is 32.7 Å². The van der Waals surface area contributed by atoms with E-state index in [9.17, 15) is 8.78 Å². The van der Waals surface area contributed by atoms with E-state index in [1.54, 1.807) is 0 Å². The van der Waals surface area contributed by atoms with E-state index < -0.39 is 11.6 Å². The summed E-state index contributed by atoms with van der Waals surface area (Å²) in [6.45, 7) is 5.48. The summed E-state index contributed by atoms with van der Waals surface area (Å²) in [5.41, 5.74) is 2.79. The molecule has 110 valence electrons. The van der Waals surface area contributed by atoms with Crippen LogP contribution in [-0.4, -0.2) is 16.5 Å². The van der Waals surface area contributed by atoms with Crippen molar-refractivity contribution in [1.82, 2.24) is 15.3 Å². The molecule has 0 saturated heterocycles. The van der Waals surface area contributed by atoms with E-state index in [-0.39, 0.29) is 5.92 Å². The van der Waals surface area contributed by atoms with Gasteiger partial charge in [-0.3, -0.25) is 0 Å². The van der Waals surface area contributed by atoms with Crippen LogP contribution in [0.15, 0.2) is 18.2 Å². The van der Waals surface area contributed by atoms with Crippen molar-refractivity contribution in [3.05, 3.63) is 46.9 Å². The normalized spacial score (nSPS) is 14.3. The third-order valence-corrected chi connectivity index (χ3v) is 3.65. The lowest BCUT2D eigenvalue weighted by Crippen LogP contribution is -2.26. The number of rotatable bonds is 2. The molecule has 1 aliphatic rings. The molecule has 0 radical (unpaired) electrons. The van der Waals surface area contributed by atoms with Crippen LogP contribution in [0.1, 0.15) is 36.8 Å². The molecule has 0 unspecified atom stereocenters. The molecule has 3 rings (SSSR count). The quantitative estimate of drug-likeness (QED) is 0.922. The topological polar surface area (TPSA) is 37.8 Å². The Labute approximate surface area is 122 Å². The molecule has 1 N–H and O–H groups in total. The Bertz CT molecular complexity index is 683. The van der Waals surface area contributed by atoms with Crippen molar-refractivity contribution in [2.75, 3.05) is 6.54 Å². The molecule has 1 aromatic heterocycles. The minimum Gasteiger partial charge on any atom is -0.312 e. The summed E-state index contributed by atoms with van der Waals surface area (Å²) >= 11 is 0. The predicted octanol–water partition coefficient (Wildman–Crippen LogP) is 3.19. The van der Waals surface area contributed by atoms with Gasteiger partial charge in [-0.1, -0.05) is 13.8 Å². The number of nitrogens with zero attached hydrogens (tertiary/aromatic N) is 2. The van der Waals surface area contributed by atoms with Crippen LogP contribution in [0.5, 0.6) is 0 Å². The fourth-order valence-electron chi connectivity index (χ4n) is 2.52. The molecular weight excluding hydrogens is 272 g/mol. The lowest BCUT2D eigenvalue weighted by molar-refractivity contribution is 0.583. The molecule has 0 bridgehead atoms. The summed E-state index contributed by atoms with van der Waals surface area (Å²) < 4.78 is 27.2. The highest BCUT2D eigenvalue weighted by Crippen LogP contribution is 2.29. The maximum absolute atomic E-state index is 14.1. The Hall–Kier alpha value is -1.88. The summed E-state index contributed by atoms with van der Waals surface area (Å²) in [6.07, 6.45) is 0.799. The van der Waals surface area contributed by atoms with Crippen molar-refractivity contribution < 1.29 is 8.78 Å². The highest BCUT2D eigenvalue weighted by molar-refractivity contribution is 5.65. The van der Waals surface area contributed by atoms with Gasteiger partial charge in [-0.25, -0.2) is 18.7 Å². The summed E-state index contributed by atoms with van der Waals surface area (Å²) in [5, 5.41) is 3.25. The molecule has 2 heterocycles. The maximum Gasteiger partial charge on any atom is 0.135 e. The van der Waals surface area contributed by atoms with Gasteiger partial charge in [0.15, 0.2) is 0 Å². The Kier molecular flexibility index (Phi) is 3.68. The molecule has 0 amide bonds. The molecule has 2 aromatic rings. The number of aromatic nitrogens is 2. The van der Waals surface area contributed by atoms with E-state index in [0.717, 1.165) is 30.3 Å². The number of hydrogen-bond acceptors (Lipinski definition) is 3. The SMILES string of the molecule is CC(C)c1nc2c(c(-c3ccc(F)cc3F)n1)CNCC2. The van der Waals surface area contributed by atoms with E-state index in [1.165, 1.54) is 12.1 Å². The van der Waals surface area contributed by atoms with E-state index in [2.05, 4.69) is 15.3 Å². The van der Waals surface area contributed by atoms with Crippen LogP contribution in [0.3, 0.4) is 0 Å². The molecule has 3 nitrogen and oxygen atoms in total. The third-order valence-electron chi connectivity index (χ3n) is 3.65. The maximum atomic E-state index is 14.1. The third kappa shape index (κ3) is 2.65. The first-order valence-electron chi connectivity index (χ1n) is 7.12. The monoisotopic (exact) mass is 289 g/mol. The second kappa shape index (κ2) is 5.48. The van der Waals surface area contributed by atoms with Gasteiger partial charge >= 0.3 is 0 Å². The smallest absolute Gasteiger partial charge is 0.135 e. The molecule has 1 aromatic carbocycles. The number of hydrogen-bond donors (Lipinski definition) is 1. The molecule has 0 spiro atoms. The van der Waals surface area contributed by atoms with E-state index >= 15 is 0 Å². The van der Waals surface area contributed by atoms with Crippen LogP contribution in [0, 0.1) is 11.6 Å². The predicted molar refractivity (Wildman–Crippen MR) is 76.9 cm³/mol. The van der Waals surface area contributed by atoms with Gasteiger partial charge in [0, 0.05) is 42.6 Å². The van der Waals surface area contributed by atoms with Crippen LogP contribution < -0.4 is 5.32 Å². The van der Waals surface area contributed by atoms with Gasteiger partial charge in [0.2, 0.25) is 0 Å². The number of halogens is 2. The van der Waals surface area contributed by atoms with Crippen molar-refractivity contribution in [3.8, 4) is 11.3 Å². The Balaban J connectivity index is 2.22. The number of benzene rings is 1. The van der Waals surface area contributed by atoms with Gasteiger partial charge in [0.05, 0.1) is 11.4 Å². The molecule has 21 heavy (non-hydrogen) atoms. The fourth-order valence-corrected chi connectivity index (χ4v) is 2.52. The van der Waals surface area contributed by atoms with Crippen molar-refractivity contribution in [1.29, 1.82) is 0 Å². The van der Waals surface area contributed by atoms with Crippen LogP contribution in [0.4, 0.5) is 8.78 Å². The van der Waals surface area contributed by atoms with E-state index in [4.69, 9.17) is 0 Å². The number of fused-ring (bicyclic) bond motifs is 1. The summed E-state index contributed by atoms with van der Waals surface area (Å²) in [4.78, 5) is 9.13. The van der Waals surface area contributed by atoms with Crippen LogP contribution in [0.2, 0.25) is 0 Å². The second-order valence-electron chi connectivity index (χ2n) is 5.56. The first-order valence-corrected chi connectivity index (χ1v) is 7.12. The highest BCUT2D eigenvalue weighted by atomic mass is 19.1. The Morgan fingerprint density at radius 2 is 2.00 bits per heavy atom. The molecule has 0 aliphatic carbocycles. The average molecular weight is 289 g/mol. The van der Waals surface area contributed by atoms with Gasteiger partial charge in [0.25, 0.3) is 0 Å². The fraction of sp³-hybridized carbons (Fsp3) is 0.375. The standard InChI is InChI=1S/C16H17F2N3/c1-9(2)16-20-14-5-6-19-8-12(14)15(21-16)11-4-3-10(17)7-13(11)18/h3-4,7,9,19H,5-6,8H2,1-2H3. The van der Waals surface area contributed by atoms with Crippen LogP contribution in [-0.2, 0) is 13.0 Å². The second-order valence-corrected chi connectivity index (χ2v) is 5.56. The Morgan fingerprint density at radius 1 is 1.19 bits per heavy atom. The molecular formula is C16H17F2N3. The summed E-state index contributed by atoms with van der Waals surface area (Å²) in [7, 11) is 0. The summed E-state index contributed by atoms with van der Waals surface area (Å²) in [6, 6.07) is 3.61. The van der Waals surface area contributed by atoms with E-state index in [0.29, 0.717) is 23.6 Å². The zero-order valence-corrected chi connectivity index (χ0v) is 12.1. The molecule has 1 aliphatic heterocycles. The lowest BCUT2D eigenvalue weighted by Gasteiger charge is -2.21. The molecule has 0 atom stereocenters. The largest absolute Gasteiger partial charge is 0.312 e. The Morgan fingerprint density at radius 3 is 2.71 bits per heavy atom. The van der Waals surface area contributed by atoms with Crippen LogP contribution in [0.25, 0.3) is 11.3 Å². The molecule has 0 fully saturated rings. The van der Waals surface area contributed by atoms with Gasteiger partial charge in [-0.05, 0) is 12.1 Å². The van der Waals surface area contributed by atoms with Crippen molar-refractivity contribution in [3.63, 3.8) is 0 Å². The van der Waals surface area contributed by atoms with E-state index in [1.807, 2.05) is 13.8 Å². The van der Waals surface area contributed by atoms with Crippen molar-refractivity contribution >= 4 is 0 Å². The van der Waals surface area contributed by atoms with Gasteiger partial charge in [-0.15, -0.1) is 0 Å². The van der Waals surface area contributed by atoms with Gasteiger partial charge in [0.1, 0.15) is 17.5 Å². The lowest BCUT2D eigenvalue weighted by atomic mass is 9.99. The zero-order valence-electron chi connectivity index (χ0n) is 12.1. The number of nitrogens with one attached hydrogen (secondary N) is 1. The zero-order chi connectivity index (χ0) is 15.0. The minimum atomic E-state index is -0.587. The van der Waals surface area contributed by atoms with Crippen molar-refractivity contribution in [2.24, 2.45) is 0 Å². The molecule has 5 heteroatoms. The average Bonchev–Trinajstić information content (AvgIpc) is 2.46. The van der Waals surface area contributed by atoms with Gasteiger partial charge in [-0.2, -0.15) is 0 Å². The highest BCUT2D eigenvalue weighted by Gasteiger charge is 2.21. The molecule has 0 saturated carbocycles. The first-order chi connectivity index (χ1) is 10.1. The summed E-state index contributed by atoms with van der Waals surface area (Å²) in [5.74, 6) is -0.306. The van der Waals surface area contributed by atoms with Crippen LogP contribution >= 0.6 is 0 Å². The van der Waals surface area contributed by atoms with Gasteiger partial charge < -0.3 is 5.32 Å².